The summed E-state index contributed by atoms with van der Waals surface area (Å²) in [6.07, 6.45) is -0.129. The van der Waals surface area contributed by atoms with Gasteiger partial charge in [0.05, 0.1) is 18.0 Å². The summed E-state index contributed by atoms with van der Waals surface area (Å²) in [5, 5.41) is 16.9. The standard InChI is InChI=1S/C25H25FN4O4S/c1-15-16(2)30(13-18-6-8-19(26)9-7-18)25(20(15)12-27)29-23(32)14-34-24(33)11-21(28-17(3)31)22-5-4-10-35-22/h4-10,21H,11,13-14H2,1-3H3,(H,28,31)(H,29,32). The number of hydrogen-bond donors (Lipinski definition) is 2. The number of ether oxygens (including phenoxy) is 1. The number of amides is 2. The van der Waals surface area contributed by atoms with E-state index in [4.69, 9.17) is 4.74 Å². The lowest BCUT2D eigenvalue weighted by molar-refractivity contribution is -0.147. The van der Waals surface area contributed by atoms with Crippen molar-refractivity contribution in [2.45, 2.75) is 39.8 Å². The van der Waals surface area contributed by atoms with Crippen LogP contribution in [0.25, 0.3) is 0 Å². The maximum Gasteiger partial charge on any atom is 0.308 e. The third kappa shape index (κ3) is 6.55. The molecule has 10 heteroatoms. The fourth-order valence-corrected chi connectivity index (χ4v) is 4.38. The summed E-state index contributed by atoms with van der Waals surface area (Å²) in [5.41, 5.74) is 2.56. The molecule has 0 saturated carbocycles. The second-order valence-corrected chi connectivity index (χ2v) is 8.92. The van der Waals surface area contributed by atoms with E-state index in [-0.39, 0.29) is 24.0 Å². The Morgan fingerprint density at radius 3 is 2.51 bits per heavy atom. The summed E-state index contributed by atoms with van der Waals surface area (Å²) in [6.45, 7) is 4.71. The monoisotopic (exact) mass is 496 g/mol. The Morgan fingerprint density at radius 1 is 1.20 bits per heavy atom. The van der Waals surface area contributed by atoms with E-state index in [1.165, 1.54) is 30.4 Å². The molecule has 3 aromatic rings. The zero-order valence-corrected chi connectivity index (χ0v) is 20.4. The molecule has 182 valence electrons. The first kappa shape index (κ1) is 25.6. The maximum absolute atomic E-state index is 13.3. The molecule has 2 aromatic heterocycles. The zero-order chi connectivity index (χ0) is 25.5. The van der Waals surface area contributed by atoms with Crippen LogP contribution >= 0.6 is 11.3 Å². The fourth-order valence-electron chi connectivity index (χ4n) is 3.60. The first-order valence-corrected chi connectivity index (χ1v) is 11.7. The number of esters is 1. The van der Waals surface area contributed by atoms with Crippen LogP contribution in [0.5, 0.6) is 0 Å². The van der Waals surface area contributed by atoms with Crippen LogP contribution in [0.2, 0.25) is 0 Å². The van der Waals surface area contributed by atoms with E-state index in [1.54, 1.807) is 29.7 Å². The molecule has 0 bridgehead atoms. The molecule has 0 saturated heterocycles. The van der Waals surface area contributed by atoms with Gasteiger partial charge in [-0.15, -0.1) is 11.3 Å². The summed E-state index contributed by atoms with van der Waals surface area (Å²) < 4.78 is 20.2. The van der Waals surface area contributed by atoms with E-state index in [9.17, 15) is 24.0 Å². The number of nitrogens with zero attached hydrogens (tertiary/aromatic N) is 2. The largest absolute Gasteiger partial charge is 0.455 e. The molecule has 0 spiro atoms. The number of aromatic nitrogens is 1. The molecule has 3 rings (SSSR count). The molecule has 8 nitrogen and oxygen atoms in total. The number of hydrogen-bond acceptors (Lipinski definition) is 6. The Labute approximate surface area is 206 Å². The van der Waals surface area contributed by atoms with Crippen LogP contribution in [-0.4, -0.2) is 29.0 Å². The van der Waals surface area contributed by atoms with Crippen molar-refractivity contribution >= 4 is 34.9 Å². The second-order valence-electron chi connectivity index (χ2n) is 7.94. The maximum atomic E-state index is 13.3. The Hall–Kier alpha value is -3.97. The molecule has 35 heavy (non-hydrogen) atoms. The Balaban J connectivity index is 1.68. The summed E-state index contributed by atoms with van der Waals surface area (Å²) in [5.74, 6) is -1.63. The van der Waals surface area contributed by atoms with Crippen molar-refractivity contribution in [2.75, 3.05) is 11.9 Å². The minimum Gasteiger partial charge on any atom is -0.455 e. The molecule has 0 radical (unpaired) electrons. The zero-order valence-electron chi connectivity index (χ0n) is 19.6. The topological polar surface area (TPSA) is 113 Å². The molecule has 0 aliphatic heterocycles. The Bertz CT molecular complexity index is 1260. The van der Waals surface area contributed by atoms with Gasteiger partial charge in [0.2, 0.25) is 5.91 Å². The van der Waals surface area contributed by atoms with Crippen LogP contribution < -0.4 is 10.6 Å². The first-order valence-electron chi connectivity index (χ1n) is 10.8. The number of rotatable bonds is 9. The summed E-state index contributed by atoms with van der Waals surface area (Å²) in [7, 11) is 0. The minimum atomic E-state index is -0.651. The summed E-state index contributed by atoms with van der Waals surface area (Å²) in [4.78, 5) is 37.3. The SMILES string of the molecule is CC(=O)NC(CC(=O)OCC(=O)Nc1c(C#N)c(C)c(C)n1Cc1ccc(F)cc1)c1cccs1. The highest BCUT2D eigenvalue weighted by Gasteiger charge is 2.22. The van der Waals surface area contributed by atoms with Gasteiger partial charge in [-0.05, 0) is 48.6 Å². The minimum absolute atomic E-state index is 0.129. The smallest absolute Gasteiger partial charge is 0.308 e. The van der Waals surface area contributed by atoms with Crippen LogP contribution in [0.1, 0.15) is 46.6 Å². The molecule has 0 aliphatic rings. The van der Waals surface area contributed by atoms with Gasteiger partial charge in [0.1, 0.15) is 17.7 Å². The fraction of sp³-hybridized carbons (Fsp3) is 0.280. The second kappa shape index (κ2) is 11.4. The predicted molar refractivity (Wildman–Crippen MR) is 129 cm³/mol. The van der Waals surface area contributed by atoms with E-state index >= 15 is 0 Å². The molecule has 0 aliphatic carbocycles. The number of nitrogens with one attached hydrogen (secondary N) is 2. The van der Waals surface area contributed by atoms with Crippen LogP contribution in [-0.2, 0) is 25.7 Å². The molecular weight excluding hydrogens is 471 g/mol. The van der Waals surface area contributed by atoms with Crippen LogP contribution in [0, 0.1) is 31.0 Å². The van der Waals surface area contributed by atoms with Crippen LogP contribution in [0.3, 0.4) is 0 Å². The van der Waals surface area contributed by atoms with Gasteiger partial charge in [0, 0.05) is 24.0 Å². The number of carbonyl (C=O) groups excluding carboxylic acids is 3. The quantitative estimate of drug-likeness (QED) is 0.435. The average molecular weight is 497 g/mol. The van der Waals surface area contributed by atoms with Crippen LogP contribution in [0.15, 0.2) is 41.8 Å². The van der Waals surface area contributed by atoms with E-state index < -0.39 is 24.5 Å². The van der Waals surface area contributed by atoms with Gasteiger partial charge >= 0.3 is 5.97 Å². The number of thiophene rings is 1. The lowest BCUT2D eigenvalue weighted by atomic mass is 10.1. The van der Waals surface area contributed by atoms with Crippen molar-refractivity contribution in [2.24, 2.45) is 0 Å². The van der Waals surface area contributed by atoms with Gasteiger partial charge in [-0.25, -0.2) is 4.39 Å². The van der Waals surface area contributed by atoms with Crippen molar-refractivity contribution in [3.8, 4) is 6.07 Å². The van der Waals surface area contributed by atoms with E-state index in [0.717, 1.165) is 16.1 Å². The highest BCUT2D eigenvalue weighted by Crippen LogP contribution is 2.27. The lowest BCUT2D eigenvalue weighted by Gasteiger charge is -2.16. The van der Waals surface area contributed by atoms with Crippen molar-refractivity contribution in [3.63, 3.8) is 0 Å². The van der Waals surface area contributed by atoms with Gasteiger partial charge in [-0.1, -0.05) is 18.2 Å². The van der Waals surface area contributed by atoms with Gasteiger partial charge in [-0.3, -0.25) is 14.4 Å². The average Bonchev–Trinajstić information content (AvgIpc) is 3.42. The third-order valence-electron chi connectivity index (χ3n) is 5.45. The molecule has 2 amide bonds. The molecule has 1 atom stereocenters. The van der Waals surface area contributed by atoms with Crippen molar-refractivity contribution in [1.82, 2.24) is 9.88 Å². The Kier molecular flexibility index (Phi) is 8.39. The van der Waals surface area contributed by atoms with Gasteiger partial charge < -0.3 is 19.9 Å². The summed E-state index contributed by atoms with van der Waals surface area (Å²) in [6, 6.07) is 11.1. The normalized spacial score (nSPS) is 11.4. The van der Waals surface area contributed by atoms with E-state index in [1.807, 2.05) is 18.4 Å². The van der Waals surface area contributed by atoms with E-state index in [2.05, 4.69) is 16.7 Å². The summed E-state index contributed by atoms with van der Waals surface area (Å²) >= 11 is 1.40. The first-order chi connectivity index (χ1) is 16.7. The highest BCUT2D eigenvalue weighted by atomic mass is 32.1. The molecule has 0 fully saturated rings. The lowest BCUT2D eigenvalue weighted by Crippen LogP contribution is -2.29. The van der Waals surface area contributed by atoms with Crippen LogP contribution in [0.4, 0.5) is 10.2 Å². The van der Waals surface area contributed by atoms with Crippen molar-refractivity contribution in [1.29, 1.82) is 5.26 Å². The van der Waals surface area contributed by atoms with Crippen molar-refractivity contribution in [3.05, 3.63) is 74.9 Å². The predicted octanol–water partition coefficient (Wildman–Crippen LogP) is 3.97. The van der Waals surface area contributed by atoms with E-state index in [0.29, 0.717) is 17.7 Å². The van der Waals surface area contributed by atoms with Crippen molar-refractivity contribution < 1.29 is 23.5 Å². The molecule has 1 aromatic carbocycles. The number of benzene rings is 1. The molecule has 2 N–H and O–H groups in total. The number of nitriles is 1. The number of anilines is 1. The van der Waals surface area contributed by atoms with Gasteiger partial charge in [0.25, 0.3) is 5.91 Å². The molecule has 2 heterocycles. The molecule has 1 unspecified atom stereocenters. The molecular formula is C25H25FN4O4S. The third-order valence-corrected chi connectivity index (χ3v) is 6.44. The Morgan fingerprint density at radius 2 is 1.91 bits per heavy atom. The number of carbonyl (C=O) groups is 3. The number of halogens is 1. The van der Waals surface area contributed by atoms with Gasteiger partial charge in [-0.2, -0.15) is 5.26 Å². The van der Waals surface area contributed by atoms with Gasteiger partial charge in [0.15, 0.2) is 6.61 Å². The highest BCUT2D eigenvalue weighted by molar-refractivity contribution is 7.10.